The molecule has 9 heteroatoms. The Balaban J connectivity index is 2.02. The van der Waals surface area contributed by atoms with Gasteiger partial charge in [0.2, 0.25) is 0 Å². The molecule has 2 aromatic heterocycles. The van der Waals surface area contributed by atoms with Crippen LogP contribution in [0.15, 0.2) is 48.5 Å². The van der Waals surface area contributed by atoms with E-state index >= 15 is 0 Å². The number of hydrogen-bond donors (Lipinski definition) is 3. The molecule has 3 N–H and O–H groups in total. The van der Waals surface area contributed by atoms with Crippen molar-refractivity contribution in [2.45, 2.75) is 45.5 Å². The number of nitrogens with zero attached hydrogens (tertiary/aromatic N) is 3. The molecule has 0 bridgehead atoms. The van der Waals surface area contributed by atoms with Crippen LogP contribution in [0.5, 0.6) is 0 Å². The Hall–Kier alpha value is -3.20. The van der Waals surface area contributed by atoms with Gasteiger partial charge in [-0.1, -0.05) is 18.2 Å². The van der Waals surface area contributed by atoms with Gasteiger partial charge in [0.1, 0.15) is 23.0 Å². The smallest absolute Gasteiger partial charge is 0.386 e. The van der Waals surface area contributed by atoms with E-state index in [-0.39, 0.29) is 17.6 Å². The highest BCUT2D eigenvalue weighted by Gasteiger charge is 2.32. The fourth-order valence-corrected chi connectivity index (χ4v) is 2.84. The predicted octanol–water partition coefficient (Wildman–Crippen LogP) is 5.35. The Kier molecular flexibility index (Phi) is 6.17. The first-order valence-corrected chi connectivity index (χ1v) is 9.72. The van der Waals surface area contributed by atoms with Crippen LogP contribution < -0.4 is 10.6 Å². The lowest BCUT2D eigenvalue weighted by atomic mass is 9.98. The van der Waals surface area contributed by atoms with E-state index in [4.69, 9.17) is 0 Å². The van der Waals surface area contributed by atoms with Crippen LogP contribution in [0, 0.1) is 0 Å². The third-order valence-corrected chi connectivity index (χ3v) is 4.27. The third-order valence-electron chi connectivity index (χ3n) is 4.27. The number of alkyl halides is 3. The highest BCUT2D eigenvalue weighted by Crippen LogP contribution is 2.30. The number of rotatable bonds is 6. The largest absolute Gasteiger partial charge is 0.433 e. The van der Waals surface area contributed by atoms with E-state index in [0.29, 0.717) is 22.9 Å². The average Bonchev–Trinajstić information content (AvgIpc) is 2.66. The molecule has 3 rings (SSSR count). The van der Waals surface area contributed by atoms with Crippen molar-refractivity contribution in [3.63, 3.8) is 0 Å². The standard InChI is InChI=1S/C22H24F3N5O/c1-13(2)26-18-12-19(27-15-8-5-7-14(11-15)21(3,4)31)30-20(29-18)16-9-6-10-17(28-16)22(23,24)25/h5-13,31H,1-4H3,(H2,26,27,29,30). The number of nitrogens with one attached hydrogen (secondary N) is 2. The lowest BCUT2D eigenvalue weighted by molar-refractivity contribution is -0.141. The van der Waals surface area contributed by atoms with Crippen LogP contribution >= 0.6 is 0 Å². The van der Waals surface area contributed by atoms with Gasteiger partial charge in [0.25, 0.3) is 0 Å². The topological polar surface area (TPSA) is 83.0 Å². The minimum atomic E-state index is -4.57. The van der Waals surface area contributed by atoms with Gasteiger partial charge in [-0.05, 0) is 57.5 Å². The molecule has 6 nitrogen and oxygen atoms in total. The van der Waals surface area contributed by atoms with Crippen LogP contribution in [0.3, 0.4) is 0 Å². The number of pyridine rings is 1. The van der Waals surface area contributed by atoms with E-state index in [1.54, 1.807) is 44.2 Å². The Bertz CT molecular complexity index is 1060. The van der Waals surface area contributed by atoms with Gasteiger partial charge in [-0.2, -0.15) is 13.2 Å². The maximum Gasteiger partial charge on any atom is 0.433 e. The van der Waals surface area contributed by atoms with E-state index in [1.165, 1.54) is 12.1 Å². The second-order valence-corrected chi connectivity index (χ2v) is 7.93. The van der Waals surface area contributed by atoms with E-state index < -0.39 is 17.5 Å². The van der Waals surface area contributed by atoms with E-state index in [2.05, 4.69) is 25.6 Å². The van der Waals surface area contributed by atoms with Crippen LogP contribution in [0.1, 0.15) is 39.0 Å². The van der Waals surface area contributed by atoms with Crippen LogP contribution in [-0.4, -0.2) is 26.1 Å². The van der Waals surface area contributed by atoms with Gasteiger partial charge in [-0.25, -0.2) is 15.0 Å². The van der Waals surface area contributed by atoms with Crippen molar-refractivity contribution in [2.24, 2.45) is 0 Å². The number of halogens is 3. The Morgan fingerprint density at radius 2 is 1.58 bits per heavy atom. The summed E-state index contributed by atoms with van der Waals surface area (Å²) in [5, 5.41) is 16.5. The van der Waals surface area contributed by atoms with Gasteiger partial charge in [-0.15, -0.1) is 0 Å². The van der Waals surface area contributed by atoms with Crippen molar-refractivity contribution < 1.29 is 18.3 Å². The molecule has 0 fully saturated rings. The molecule has 0 aliphatic rings. The zero-order valence-electron chi connectivity index (χ0n) is 17.6. The maximum absolute atomic E-state index is 13.1. The molecular formula is C22H24F3N5O. The summed E-state index contributed by atoms with van der Waals surface area (Å²) in [6.07, 6.45) is -4.57. The number of anilines is 3. The summed E-state index contributed by atoms with van der Waals surface area (Å²) >= 11 is 0. The number of benzene rings is 1. The molecule has 164 valence electrons. The fraction of sp³-hybridized carbons (Fsp3) is 0.318. The molecule has 0 unspecified atom stereocenters. The lowest BCUT2D eigenvalue weighted by Crippen LogP contribution is -2.15. The molecule has 0 saturated carbocycles. The first kappa shape index (κ1) is 22.5. The number of hydrogen-bond acceptors (Lipinski definition) is 6. The Morgan fingerprint density at radius 1 is 0.903 bits per heavy atom. The number of aromatic nitrogens is 3. The fourth-order valence-electron chi connectivity index (χ4n) is 2.84. The molecule has 0 radical (unpaired) electrons. The second-order valence-electron chi connectivity index (χ2n) is 7.93. The lowest BCUT2D eigenvalue weighted by Gasteiger charge is -2.19. The molecule has 0 amide bonds. The SMILES string of the molecule is CC(C)Nc1cc(Nc2cccc(C(C)(C)O)c2)nc(-c2cccc(C(F)(F)F)n2)n1. The molecule has 0 aliphatic carbocycles. The van der Waals surface area contributed by atoms with Gasteiger partial charge >= 0.3 is 6.18 Å². The van der Waals surface area contributed by atoms with Crippen molar-refractivity contribution in [3.05, 3.63) is 59.8 Å². The molecule has 0 aliphatic heterocycles. The Morgan fingerprint density at radius 3 is 2.23 bits per heavy atom. The zero-order chi connectivity index (χ0) is 22.8. The average molecular weight is 431 g/mol. The quantitative estimate of drug-likeness (QED) is 0.488. The van der Waals surface area contributed by atoms with Crippen LogP contribution in [0.4, 0.5) is 30.5 Å². The van der Waals surface area contributed by atoms with Gasteiger partial charge in [0.05, 0.1) is 5.60 Å². The maximum atomic E-state index is 13.1. The normalized spacial score (nSPS) is 12.2. The third kappa shape index (κ3) is 5.91. The summed E-state index contributed by atoms with van der Waals surface area (Å²) < 4.78 is 39.3. The van der Waals surface area contributed by atoms with Gasteiger partial charge in [-0.3, -0.25) is 0 Å². The van der Waals surface area contributed by atoms with Crippen molar-refractivity contribution in [3.8, 4) is 11.5 Å². The summed E-state index contributed by atoms with van der Waals surface area (Å²) in [5.74, 6) is 0.874. The summed E-state index contributed by atoms with van der Waals surface area (Å²) in [5.41, 5.74) is -0.664. The van der Waals surface area contributed by atoms with Crippen molar-refractivity contribution >= 4 is 17.3 Å². The Labute approximate surface area is 178 Å². The first-order chi connectivity index (χ1) is 14.4. The summed E-state index contributed by atoms with van der Waals surface area (Å²) in [6.45, 7) is 7.20. The molecule has 0 atom stereocenters. The van der Waals surface area contributed by atoms with Crippen LogP contribution in [0.2, 0.25) is 0 Å². The van der Waals surface area contributed by atoms with Gasteiger partial charge < -0.3 is 15.7 Å². The molecular weight excluding hydrogens is 407 g/mol. The van der Waals surface area contributed by atoms with Crippen molar-refractivity contribution in [2.75, 3.05) is 10.6 Å². The molecule has 0 spiro atoms. The van der Waals surface area contributed by atoms with Crippen LogP contribution in [0.25, 0.3) is 11.5 Å². The van der Waals surface area contributed by atoms with Gasteiger partial charge in [0, 0.05) is 17.8 Å². The van der Waals surface area contributed by atoms with Crippen molar-refractivity contribution in [1.29, 1.82) is 0 Å². The van der Waals surface area contributed by atoms with Gasteiger partial charge in [0.15, 0.2) is 5.82 Å². The van der Waals surface area contributed by atoms with E-state index in [0.717, 1.165) is 6.07 Å². The highest BCUT2D eigenvalue weighted by atomic mass is 19.4. The second kappa shape index (κ2) is 8.50. The summed E-state index contributed by atoms with van der Waals surface area (Å²) in [6, 6.07) is 12.5. The van der Waals surface area contributed by atoms with Crippen molar-refractivity contribution in [1.82, 2.24) is 15.0 Å². The predicted molar refractivity (Wildman–Crippen MR) is 114 cm³/mol. The summed E-state index contributed by atoms with van der Waals surface area (Å²) in [4.78, 5) is 12.4. The van der Waals surface area contributed by atoms with Crippen LogP contribution in [-0.2, 0) is 11.8 Å². The van der Waals surface area contributed by atoms with E-state index in [9.17, 15) is 18.3 Å². The summed E-state index contributed by atoms with van der Waals surface area (Å²) in [7, 11) is 0. The monoisotopic (exact) mass is 431 g/mol. The zero-order valence-corrected chi connectivity index (χ0v) is 17.6. The first-order valence-electron chi connectivity index (χ1n) is 9.72. The minimum absolute atomic E-state index is 0.00974. The molecule has 2 heterocycles. The molecule has 31 heavy (non-hydrogen) atoms. The minimum Gasteiger partial charge on any atom is -0.386 e. The van der Waals surface area contributed by atoms with E-state index in [1.807, 2.05) is 13.8 Å². The molecule has 1 aromatic carbocycles. The highest BCUT2D eigenvalue weighted by molar-refractivity contribution is 5.64. The number of aliphatic hydroxyl groups is 1. The molecule has 0 saturated heterocycles. The molecule has 3 aromatic rings.